The quantitative estimate of drug-likeness (QED) is 0.843. The molecule has 0 radical (unpaired) electrons. The second kappa shape index (κ2) is 7.88. The fraction of sp³-hybridized carbons (Fsp3) is 0.368. The van der Waals surface area contributed by atoms with Crippen LogP contribution in [0.2, 0.25) is 0 Å². The van der Waals surface area contributed by atoms with Crippen molar-refractivity contribution in [2.24, 2.45) is 0 Å². The average Bonchev–Trinajstić information content (AvgIpc) is 2.67. The molecule has 0 amide bonds. The second-order valence-electron chi connectivity index (χ2n) is 6.14. The van der Waals surface area contributed by atoms with Gasteiger partial charge in [-0.1, -0.05) is 19.1 Å². The molecule has 1 atom stereocenters. The first kappa shape index (κ1) is 17.1. The summed E-state index contributed by atoms with van der Waals surface area (Å²) in [5.74, 6) is -0.820. The average molecular weight is 340 g/mol. The summed E-state index contributed by atoms with van der Waals surface area (Å²) in [6, 6.07) is 11.4. The van der Waals surface area contributed by atoms with E-state index in [-0.39, 0.29) is 0 Å². The van der Waals surface area contributed by atoms with E-state index in [2.05, 4.69) is 26.2 Å². The number of hydrogen-bond acceptors (Lipinski definition) is 5. The molecule has 1 aliphatic rings. The lowest BCUT2D eigenvalue weighted by Gasteiger charge is -2.38. The van der Waals surface area contributed by atoms with Gasteiger partial charge in [0.1, 0.15) is 6.04 Å². The Hall–Kier alpha value is -2.76. The van der Waals surface area contributed by atoms with E-state index in [4.69, 9.17) is 0 Å². The summed E-state index contributed by atoms with van der Waals surface area (Å²) in [6.07, 6.45) is 4.18. The number of carboxylic acids is 1. The van der Waals surface area contributed by atoms with Crippen LogP contribution in [0.3, 0.4) is 0 Å². The van der Waals surface area contributed by atoms with Crippen molar-refractivity contribution >= 4 is 23.0 Å². The molecule has 25 heavy (non-hydrogen) atoms. The molecule has 0 aliphatic carbocycles. The molecule has 6 heteroatoms. The van der Waals surface area contributed by atoms with E-state index >= 15 is 0 Å². The molecule has 2 aromatic rings. The largest absolute Gasteiger partial charge is 0.480 e. The maximum absolute atomic E-state index is 11.3. The molecule has 1 unspecified atom stereocenters. The summed E-state index contributed by atoms with van der Waals surface area (Å²) in [6.45, 7) is 5.51. The Labute approximate surface area is 148 Å². The van der Waals surface area contributed by atoms with E-state index in [9.17, 15) is 9.90 Å². The van der Waals surface area contributed by atoms with Gasteiger partial charge in [-0.3, -0.25) is 4.98 Å². The lowest BCUT2D eigenvalue weighted by molar-refractivity contribution is -0.137. The third-order valence-corrected chi connectivity index (χ3v) is 4.59. The number of hydrogen-bond donors (Lipinski definition) is 2. The molecule has 1 aromatic heterocycles. The summed E-state index contributed by atoms with van der Waals surface area (Å²) >= 11 is 0. The molecule has 2 heterocycles. The van der Waals surface area contributed by atoms with E-state index in [1.165, 1.54) is 5.69 Å². The van der Waals surface area contributed by atoms with Crippen molar-refractivity contribution in [3.63, 3.8) is 0 Å². The number of anilines is 3. The number of piperazine rings is 1. The van der Waals surface area contributed by atoms with Crippen LogP contribution in [0.15, 0.2) is 48.8 Å². The van der Waals surface area contributed by atoms with E-state index < -0.39 is 12.0 Å². The molecule has 0 saturated carbocycles. The van der Waals surface area contributed by atoms with E-state index in [1.807, 2.05) is 49.6 Å². The zero-order valence-corrected chi connectivity index (χ0v) is 14.4. The number of nitrogens with zero attached hydrogens (tertiary/aromatic N) is 3. The van der Waals surface area contributed by atoms with Crippen LogP contribution in [0, 0.1) is 0 Å². The minimum Gasteiger partial charge on any atom is -0.480 e. The summed E-state index contributed by atoms with van der Waals surface area (Å²) < 4.78 is 0. The zero-order valence-electron chi connectivity index (χ0n) is 14.4. The molecule has 3 rings (SSSR count). The van der Waals surface area contributed by atoms with Gasteiger partial charge < -0.3 is 20.2 Å². The van der Waals surface area contributed by atoms with Crippen molar-refractivity contribution < 1.29 is 9.90 Å². The van der Waals surface area contributed by atoms with Gasteiger partial charge in [-0.25, -0.2) is 4.79 Å². The van der Waals surface area contributed by atoms with Gasteiger partial charge >= 0.3 is 5.97 Å². The van der Waals surface area contributed by atoms with Crippen molar-refractivity contribution in [2.45, 2.75) is 19.4 Å². The normalized spacial score (nSPS) is 15.7. The number of aliphatic carboxylic acids is 1. The Balaban J connectivity index is 1.70. The van der Waals surface area contributed by atoms with Gasteiger partial charge in [0, 0.05) is 44.3 Å². The Morgan fingerprint density at radius 3 is 2.40 bits per heavy atom. The number of carboxylic acid groups (broad SMARTS) is 1. The first-order valence-electron chi connectivity index (χ1n) is 8.67. The Kier molecular flexibility index (Phi) is 5.38. The number of nitrogens with one attached hydrogen (secondary N) is 1. The number of rotatable bonds is 6. The highest BCUT2D eigenvalue weighted by Gasteiger charge is 2.21. The second-order valence-corrected chi connectivity index (χ2v) is 6.14. The van der Waals surface area contributed by atoms with E-state index in [0.717, 1.165) is 37.6 Å². The van der Waals surface area contributed by atoms with Crippen LogP contribution in [0.5, 0.6) is 0 Å². The van der Waals surface area contributed by atoms with Crippen molar-refractivity contribution in [1.29, 1.82) is 0 Å². The molecular weight excluding hydrogens is 316 g/mol. The predicted octanol–water partition coefficient (Wildman–Crippen LogP) is 2.68. The zero-order chi connectivity index (χ0) is 17.6. The van der Waals surface area contributed by atoms with Gasteiger partial charge in [0.25, 0.3) is 0 Å². The third-order valence-electron chi connectivity index (χ3n) is 4.59. The third kappa shape index (κ3) is 4.02. The Morgan fingerprint density at radius 1 is 1.12 bits per heavy atom. The van der Waals surface area contributed by atoms with Crippen LogP contribution in [0.25, 0.3) is 0 Å². The van der Waals surface area contributed by atoms with Crippen LogP contribution in [-0.4, -0.2) is 48.3 Å². The minimum absolute atomic E-state index is 0.541. The van der Waals surface area contributed by atoms with Crippen molar-refractivity contribution in [3.05, 3.63) is 48.8 Å². The fourth-order valence-corrected chi connectivity index (χ4v) is 3.16. The molecule has 0 bridgehead atoms. The van der Waals surface area contributed by atoms with Crippen LogP contribution in [0.4, 0.5) is 17.1 Å². The van der Waals surface area contributed by atoms with Crippen LogP contribution >= 0.6 is 0 Å². The molecular formula is C19H24N4O2. The number of carbonyl (C=O) groups is 1. The lowest BCUT2D eigenvalue weighted by atomic mass is 10.1. The highest BCUT2D eigenvalue weighted by molar-refractivity contribution is 5.80. The standard InChI is InChI=1S/C19H24N4O2/c1-2-16(19(24)25)21-17-5-3-4-6-18(17)23-13-11-22(12-14-23)15-7-9-20-10-8-15/h3-10,16,21H,2,11-14H2,1H3,(H,24,25). The molecule has 6 nitrogen and oxygen atoms in total. The summed E-state index contributed by atoms with van der Waals surface area (Å²) in [7, 11) is 0. The van der Waals surface area contributed by atoms with Gasteiger partial charge in [0.2, 0.25) is 0 Å². The highest BCUT2D eigenvalue weighted by Crippen LogP contribution is 2.28. The van der Waals surface area contributed by atoms with Gasteiger partial charge in [0.05, 0.1) is 11.4 Å². The number of para-hydroxylation sites is 2. The predicted molar refractivity (Wildman–Crippen MR) is 100 cm³/mol. The van der Waals surface area contributed by atoms with E-state index in [0.29, 0.717) is 6.42 Å². The SMILES string of the molecule is CCC(Nc1ccccc1N1CCN(c2ccncc2)CC1)C(=O)O. The maximum atomic E-state index is 11.3. The number of aromatic nitrogens is 1. The van der Waals surface area contributed by atoms with Crippen molar-refractivity contribution in [3.8, 4) is 0 Å². The molecule has 0 spiro atoms. The monoisotopic (exact) mass is 340 g/mol. The highest BCUT2D eigenvalue weighted by atomic mass is 16.4. The first-order valence-corrected chi connectivity index (χ1v) is 8.67. The summed E-state index contributed by atoms with van der Waals surface area (Å²) in [4.78, 5) is 20.1. The van der Waals surface area contributed by atoms with Gasteiger partial charge in [-0.05, 0) is 30.7 Å². The van der Waals surface area contributed by atoms with Crippen LogP contribution in [0.1, 0.15) is 13.3 Å². The van der Waals surface area contributed by atoms with Gasteiger partial charge in [0.15, 0.2) is 0 Å². The molecule has 2 N–H and O–H groups in total. The molecule has 1 fully saturated rings. The van der Waals surface area contributed by atoms with Gasteiger partial charge in [-0.2, -0.15) is 0 Å². The van der Waals surface area contributed by atoms with Crippen LogP contribution < -0.4 is 15.1 Å². The molecule has 1 saturated heterocycles. The Bertz CT molecular complexity index is 700. The smallest absolute Gasteiger partial charge is 0.326 e. The number of benzene rings is 1. The lowest BCUT2D eigenvalue weighted by Crippen LogP contribution is -2.46. The fourth-order valence-electron chi connectivity index (χ4n) is 3.16. The molecule has 1 aromatic carbocycles. The topological polar surface area (TPSA) is 68.7 Å². The summed E-state index contributed by atoms with van der Waals surface area (Å²) in [5.41, 5.74) is 3.14. The number of pyridine rings is 1. The van der Waals surface area contributed by atoms with Crippen molar-refractivity contribution in [2.75, 3.05) is 41.3 Å². The summed E-state index contributed by atoms with van der Waals surface area (Å²) in [5, 5.41) is 12.5. The minimum atomic E-state index is -0.820. The van der Waals surface area contributed by atoms with Crippen LogP contribution in [-0.2, 0) is 4.79 Å². The van der Waals surface area contributed by atoms with Crippen molar-refractivity contribution in [1.82, 2.24) is 4.98 Å². The molecule has 132 valence electrons. The van der Waals surface area contributed by atoms with Gasteiger partial charge in [-0.15, -0.1) is 0 Å². The molecule has 1 aliphatic heterocycles. The van der Waals surface area contributed by atoms with E-state index in [1.54, 1.807) is 0 Å². The first-order chi connectivity index (χ1) is 12.2. The Morgan fingerprint density at radius 2 is 1.76 bits per heavy atom. The maximum Gasteiger partial charge on any atom is 0.326 e.